The predicted molar refractivity (Wildman–Crippen MR) is 47.0 cm³/mol. The number of cyclic esters (lactones) is 1. The molecule has 0 unspecified atom stereocenters. The van der Waals surface area contributed by atoms with E-state index in [-0.39, 0.29) is 19.1 Å². The van der Waals surface area contributed by atoms with E-state index in [0.29, 0.717) is 6.42 Å². The molecule has 3 heterocycles. The first-order valence-corrected chi connectivity index (χ1v) is 4.84. The third-order valence-electron chi connectivity index (χ3n) is 3.60. The average Bonchev–Trinajstić information content (AvgIpc) is 2.71. The zero-order valence-corrected chi connectivity index (χ0v) is 7.93. The second-order valence-corrected chi connectivity index (χ2v) is 4.33. The van der Waals surface area contributed by atoms with Gasteiger partial charge in [-0.3, -0.25) is 9.59 Å². The maximum Gasteiger partial charge on any atom is 0.313 e. The second-order valence-electron chi connectivity index (χ2n) is 4.33. The first-order chi connectivity index (χ1) is 7.08. The topological polar surface area (TPSA) is 72.8 Å². The number of fused-ring (bicyclic) bond motifs is 1. The molecule has 0 amide bonds. The minimum Gasteiger partial charge on any atom is -0.481 e. The summed E-state index contributed by atoms with van der Waals surface area (Å²) >= 11 is 0. The predicted octanol–water partition coefficient (Wildman–Crippen LogP) is 0.102. The molecule has 3 aliphatic heterocycles. The third-order valence-corrected chi connectivity index (χ3v) is 3.60. The van der Waals surface area contributed by atoms with Crippen molar-refractivity contribution < 1.29 is 24.2 Å². The number of aliphatic carboxylic acids is 1. The molecule has 2 fully saturated rings. The number of carboxylic acid groups (broad SMARTS) is 1. The van der Waals surface area contributed by atoms with E-state index in [1.807, 2.05) is 6.08 Å². The Morgan fingerprint density at radius 1 is 1.60 bits per heavy atom. The minimum atomic E-state index is -1.11. The molecule has 2 saturated heterocycles. The highest BCUT2D eigenvalue weighted by atomic mass is 16.6. The largest absolute Gasteiger partial charge is 0.481 e. The highest BCUT2D eigenvalue weighted by Gasteiger charge is 2.68. The molecule has 0 aromatic carbocycles. The number of esters is 1. The summed E-state index contributed by atoms with van der Waals surface area (Å²) in [5, 5.41) is 9.31. The van der Waals surface area contributed by atoms with Crippen molar-refractivity contribution in [3.63, 3.8) is 0 Å². The van der Waals surface area contributed by atoms with Crippen LogP contribution in [0.4, 0.5) is 0 Å². The van der Waals surface area contributed by atoms with Gasteiger partial charge in [-0.15, -0.1) is 0 Å². The molecule has 0 radical (unpaired) electrons. The molecule has 15 heavy (non-hydrogen) atoms. The minimum absolute atomic E-state index is 0.0190. The van der Waals surface area contributed by atoms with Crippen molar-refractivity contribution in [3.8, 4) is 0 Å². The number of hydrogen-bond acceptors (Lipinski definition) is 4. The van der Waals surface area contributed by atoms with Gasteiger partial charge >= 0.3 is 11.9 Å². The molecule has 0 saturated carbocycles. The highest BCUT2D eigenvalue weighted by molar-refractivity contribution is 5.86. The first kappa shape index (κ1) is 8.91. The van der Waals surface area contributed by atoms with Gasteiger partial charge < -0.3 is 14.6 Å². The Morgan fingerprint density at radius 3 is 3.07 bits per heavy atom. The van der Waals surface area contributed by atoms with Crippen LogP contribution in [0.15, 0.2) is 12.2 Å². The van der Waals surface area contributed by atoms with Crippen LogP contribution in [0.25, 0.3) is 0 Å². The summed E-state index contributed by atoms with van der Waals surface area (Å²) in [6, 6.07) is 0. The molecule has 0 aromatic rings. The number of ether oxygens (including phenoxy) is 2. The average molecular weight is 210 g/mol. The lowest BCUT2D eigenvalue weighted by Gasteiger charge is -2.41. The molecular formula is C10H10O5. The molecule has 1 spiro atoms. The maximum atomic E-state index is 11.4. The summed E-state index contributed by atoms with van der Waals surface area (Å²) < 4.78 is 10.5. The molecule has 5 nitrogen and oxygen atoms in total. The number of hydrogen-bond donors (Lipinski definition) is 1. The first-order valence-electron chi connectivity index (χ1n) is 4.84. The Labute approximate surface area is 85.7 Å². The molecular weight excluding hydrogens is 200 g/mol. The van der Waals surface area contributed by atoms with Crippen LogP contribution in [0.2, 0.25) is 0 Å². The number of carbonyl (C=O) groups excluding carboxylic acids is 1. The Hall–Kier alpha value is -1.36. The SMILES string of the molecule is O=C1C[C@@]2(C(=O)O)C[C@@H]3C=C[C@@]2(CO1)O3. The molecule has 2 bridgehead atoms. The highest BCUT2D eigenvalue weighted by Crippen LogP contribution is 2.56. The molecule has 3 rings (SSSR count). The fourth-order valence-electron chi connectivity index (χ4n) is 2.78. The zero-order chi connectivity index (χ0) is 10.7. The van der Waals surface area contributed by atoms with Crippen LogP contribution >= 0.6 is 0 Å². The lowest BCUT2D eigenvalue weighted by atomic mass is 9.65. The molecule has 1 N–H and O–H groups in total. The number of carbonyl (C=O) groups is 2. The van der Waals surface area contributed by atoms with Crippen LogP contribution < -0.4 is 0 Å². The molecule has 5 heteroatoms. The van der Waals surface area contributed by atoms with Crippen molar-refractivity contribution in [3.05, 3.63) is 12.2 Å². The summed E-state index contributed by atoms with van der Waals surface area (Å²) in [4.78, 5) is 22.6. The van der Waals surface area contributed by atoms with Crippen LogP contribution in [0.3, 0.4) is 0 Å². The van der Waals surface area contributed by atoms with E-state index in [9.17, 15) is 14.7 Å². The fraction of sp³-hybridized carbons (Fsp3) is 0.600. The van der Waals surface area contributed by atoms with E-state index in [2.05, 4.69) is 0 Å². The van der Waals surface area contributed by atoms with E-state index in [4.69, 9.17) is 9.47 Å². The molecule has 0 aliphatic carbocycles. The molecule has 3 aliphatic rings. The van der Waals surface area contributed by atoms with E-state index in [0.717, 1.165) is 0 Å². The van der Waals surface area contributed by atoms with E-state index >= 15 is 0 Å². The number of carboxylic acids is 1. The molecule has 0 aromatic heterocycles. The quantitative estimate of drug-likeness (QED) is 0.491. The van der Waals surface area contributed by atoms with Gasteiger partial charge in [-0.1, -0.05) is 6.08 Å². The summed E-state index contributed by atoms with van der Waals surface area (Å²) in [6.07, 6.45) is 3.68. The Bertz CT molecular complexity index is 387. The monoisotopic (exact) mass is 210 g/mol. The van der Waals surface area contributed by atoms with E-state index < -0.39 is 23.0 Å². The lowest BCUT2D eigenvalue weighted by molar-refractivity contribution is -0.186. The fourth-order valence-corrected chi connectivity index (χ4v) is 2.78. The van der Waals surface area contributed by atoms with Crippen LogP contribution in [-0.4, -0.2) is 35.4 Å². The zero-order valence-electron chi connectivity index (χ0n) is 7.93. The smallest absolute Gasteiger partial charge is 0.313 e. The molecule has 80 valence electrons. The van der Waals surface area contributed by atoms with Crippen molar-refractivity contribution >= 4 is 11.9 Å². The Balaban J connectivity index is 2.11. The van der Waals surface area contributed by atoms with Crippen molar-refractivity contribution in [2.45, 2.75) is 24.5 Å². The van der Waals surface area contributed by atoms with Gasteiger partial charge in [0, 0.05) is 0 Å². The van der Waals surface area contributed by atoms with Gasteiger partial charge in [0.25, 0.3) is 0 Å². The summed E-state index contributed by atoms with van der Waals surface area (Å²) in [7, 11) is 0. The van der Waals surface area contributed by atoms with Gasteiger partial charge in [0.15, 0.2) is 0 Å². The number of rotatable bonds is 1. The van der Waals surface area contributed by atoms with Gasteiger partial charge in [-0.05, 0) is 12.5 Å². The second kappa shape index (κ2) is 2.41. The van der Waals surface area contributed by atoms with Crippen molar-refractivity contribution in [2.24, 2.45) is 5.41 Å². The van der Waals surface area contributed by atoms with Gasteiger partial charge in [-0.25, -0.2) is 0 Å². The van der Waals surface area contributed by atoms with Crippen molar-refractivity contribution in [1.82, 2.24) is 0 Å². The van der Waals surface area contributed by atoms with E-state index in [1.165, 1.54) is 0 Å². The van der Waals surface area contributed by atoms with Crippen LogP contribution in [0.1, 0.15) is 12.8 Å². The lowest BCUT2D eigenvalue weighted by Crippen LogP contribution is -2.56. The third kappa shape index (κ3) is 0.866. The Morgan fingerprint density at radius 2 is 2.40 bits per heavy atom. The summed E-state index contributed by atoms with van der Waals surface area (Å²) in [5.74, 6) is -1.42. The molecule has 3 atom stereocenters. The maximum absolute atomic E-state index is 11.4. The standard InChI is InChI=1S/C10H10O5/c11-7-4-9(8(12)13)3-6-1-2-10(9,15-6)5-14-7/h1-2,6H,3-5H2,(H,12,13)/t6-,9+,10-/m0/s1. The summed E-state index contributed by atoms with van der Waals surface area (Å²) in [5.41, 5.74) is -2.03. The van der Waals surface area contributed by atoms with Gasteiger partial charge in [0.05, 0.1) is 12.5 Å². The van der Waals surface area contributed by atoms with E-state index in [1.54, 1.807) is 6.08 Å². The van der Waals surface area contributed by atoms with Gasteiger partial charge in [0.2, 0.25) is 0 Å². The normalized spacial score (nSPS) is 46.4. The van der Waals surface area contributed by atoms with Gasteiger partial charge in [-0.2, -0.15) is 0 Å². The van der Waals surface area contributed by atoms with Crippen LogP contribution in [-0.2, 0) is 19.1 Å². The van der Waals surface area contributed by atoms with Crippen molar-refractivity contribution in [2.75, 3.05) is 6.61 Å². The van der Waals surface area contributed by atoms with Gasteiger partial charge in [0.1, 0.15) is 17.6 Å². The van der Waals surface area contributed by atoms with Crippen LogP contribution in [0.5, 0.6) is 0 Å². The van der Waals surface area contributed by atoms with Crippen LogP contribution in [0, 0.1) is 5.41 Å². The Kier molecular flexibility index (Phi) is 1.43. The van der Waals surface area contributed by atoms with Crippen molar-refractivity contribution in [1.29, 1.82) is 0 Å². The summed E-state index contributed by atoms with van der Waals surface area (Å²) in [6.45, 7) is 0.0190.